The molecule has 0 fully saturated rings. The van der Waals surface area contributed by atoms with Crippen molar-refractivity contribution in [1.29, 1.82) is 0 Å². The van der Waals surface area contributed by atoms with Crippen molar-refractivity contribution in [2.45, 2.75) is 25.7 Å². The van der Waals surface area contributed by atoms with Crippen LogP contribution in [0, 0.1) is 5.82 Å². The fraction of sp³-hybridized carbons (Fsp3) is 0.400. The van der Waals surface area contributed by atoms with E-state index in [9.17, 15) is 4.39 Å². The predicted octanol–water partition coefficient (Wildman–Crippen LogP) is 3.92. The Hall–Kier alpha value is -2.27. The molecule has 2 N–H and O–H groups in total. The van der Waals surface area contributed by atoms with E-state index >= 15 is 0 Å². The molecule has 0 aromatic heterocycles. The second-order valence-corrected chi connectivity index (χ2v) is 5.83. The molecule has 1 unspecified atom stereocenters. The summed E-state index contributed by atoms with van der Waals surface area (Å²) >= 11 is 0. The van der Waals surface area contributed by atoms with Gasteiger partial charge in [0.1, 0.15) is 0 Å². The molecule has 0 aliphatic heterocycles. The Balaban J connectivity index is 2.30. The number of para-hydroxylation sites is 1. The van der Waals surface area contributed by atoms with Gasteiger partial charge in [0.25, 0.3) is 0 Å². The Labute approximate surface area is 148 Å². The minimum Gasteiger partial charge on any atom is -0.494 e. The van der Waals surface area contributed by atoms with E-state index in [1.54, 1.807) is 13.2 Å². The van der Waals surface area contributed by atoms with Gasteiger partial charge < -0.3 is 19.9 Å². The number of ether oxygens (including phenoxy) is 3. The Morgan fingerprint density at radius 1 is 1.08 bits per heavy atom. The molecule has 0 spiro atoms. The maximum atomic E-state index is 14.0. The Morgan fingerprint density at radius 3 is 2.44 bits per heavy atom. The molecule has 25 heavy (non-hydrogen) atoms. The van der Waals surface area contributed by atoms with Crippen LogP contribution in [0.3, 0.4) is 0 Å². The standard InChI is InChI=1S/C20H26FNO3/c1-4-10-25-20-15(6-5-7-19(20)24-3)11-16(13-22)14-8-9-18(23-2)17(21)12-14/h5-9,12,16H,4,10-11,13,22H2,1-3H3. The summed E-state index contributed by atoms with van der Waals surface area (Å²) < 4.78 is 30.3. The van der Waals surface area contributed by atoms with Crippen LogP contribution in [0.2, 0.25) is 0 Å². The number of hydrogen-bond acceptors (Lipinski definition) is 4. The first-order valence-electron chi connectivity index (χ1n) is 8.46. The topological polar surface area (TPSA) is 53.7 Å². The lowest BCUT2D eigenvalue weighted by Gasteiger charge is -2.20. The van der Waals surface area contributed by atoms with E-state index in [0.717, 1.165) is 23.3 Å². The van der Waals surface area contributed by atoms with Crippen molar-refractivity contribution in [2.24, 2.45) is 5.73 Å². The molecule has 5 heteroatoms. The van der Waals surface area contributed by atoms with Crippen molar-refractivity contribution < 1.29 is 18.6 Å². The van der Waals surface area contributed by atoms with Crippen LogP contribution in [-0.2, 0) is 6.42 Å². The molecule has 0 radical (unpaired) electrons. The average Bonchev–Trinajstić information content (AvgIpc) is 2.64. The van der Waals surface area contributed by atoms with Gasteiger partial charge in [-0.2, -0.15) is 0 Å². The van der Waals surface area contributed by atoms with Gasteiger partial charge in [0.05, 0.1) is 20.8 Å². The van der Waals surface area contributed by atoms with Gasteiger partial charge in [0.15, 0.2) is 23.1 Å². The highest BCUT2D eigenvalue weighted by Gasteiger charge is 2.18. The Kier molecular flexibility index (Phi) is 7.07. The molecule has 2 aromatic carbocycles. The molecule has 0 saturated heterocycles. The lowest BCUT2D eigenvalue weighted by Crippen LogP contribution is -2.16. The molecule has 0 aliphatic rings. The minimum absolute atomic E-state index is 0.0310. The van der Waals surface area contributed by atoms with Crippen LogP contribution in [0.5, 0.6) is 17.2 Å². The third-order valence-corrected chi connectivity index (χ3v) is 4.13. The van der Waals surface area contributed by atoms with Gasteiger partial charge in [-0.25, -0.2) is 4.39 Å². The zero-order valence-corrected chi connectivity index (χ0v) is 15.0. The van der Waals surface area contributed by atoms with Crippen molar-refractivity contribution in [3.63, 3.8) is 0 Å². The van der Waals surface area contributed by atoms with Crippen LogP contribution in [0.1, 0.15) is 30.4 Å². The maximum Gasteiger partial charge on any atom is 0.165 e. The van der Waals surface area contributed by atoms with Crippen molar-refractivity contribution in [2.75, 3.05) is 27.4 Å². The summed E-state index contributed by atoms with van der Waals surface area (Å²) in [6.45, 7) is 3.06. The number of methoxy groups -OCH3 is 2. The van der Waals surface area contributed by atoms with Gasteiger partial charge in [-0.05, 0) is 48.7 Å². The van der Waals surface area contributed by atoms with Crippen molar-refractivity contribution in [3.05, 3.63) is 53.3 Å². The van der Waals surface area contributed by atoms with Crippen LogP contribution in [0.15, 0.2) is 36.4 Å². The average molecular weight is 347 g/mol. The van der Waals surface area contributed by atoms with Crippen LogP contribution >= 0.6 is 0 Å². The minimum atomic E-state index is -0.383. The molecular formula is C20H26FNO3. The molecule has 2 aromatic rings. The molecular weight excluding hydrogens is 321 g/mol. The first kappa shape index (κ1) is 19.1. The summed E-state index contributed by atoms with van der Waals surface area (Å²) in [5.41, 5.74) is 7.81. The number of rotatable bonds is 9. The van der Waals surface area contributed by atoms with Crippen LogP contribution < -0.4 is 19.9 Å². The van der Waals surface area contributed by atoms with E-state index in [-0.39, 0.29) is 17.5 Å². The monoisotopic (exact) mass is 347 g/mol. The molecule has 136 valence electrons. The van der Waals surface area contributed by atoms with Gasteiger partial charge in [-0.1, -0.05) is 25.1 Å². The molecule has 0 heterocycles. The molecule has 0 bridgehead atoms. The molecule has 2 rings (SSSR count). The van der Waals surface area contributed by atoms with Gasteiger partial charge in [-0.15, -0.1) is 0 Å². The molecule has 0 aliphatic carbocycles. The van der Waals surface area contributed by atoms with E-state index in [2.05, 4.69) is 6.92 Å². The van der Waals surface area contributed by atoms with E-state index in [1.165, 1.54) is 13.2 Å². The number of halogens is 1. The van der Waals surface area contributed by atoms with E-state index in [1.807, 2.05) is 24.3 Å². The zero-order chi connectivity index (χ0) is 18.2. The third-order valence-electron chi connectivity index (χ3n) is 4.13. The third kappa shape index (κ3) is 4.63. The number of nitrogens with two attached hydrogens (primary N) is 1. The van der Waals surface area contributed by atoms with E-state index < -0.39 is 0 Å². The van der Waals surface area contributed by atoms with E-state index in [0.29, 0.717) is 25.3 Å². The summed E-state index contributed by atoms with van der Waals surface area (Å²) in [6.07, 6.45) is 1.54. The molecule has 0 amide bonds. The highest BCUT2D eigenvalue weighted by Crippen LogP contribution is 2.35. The quantitative estimate of drug-likeness (QED) is 0.747. The number of benzene rings is 2. The van der Waals surface area contributed by atoms with Crippen molar-refractivity contribution in [1.82, 2.24) is 0 Å². The smallest absolute Gasteiger partial charge is 0.165 e. The summed E-state index contributed by atoms with van der Waals surface area (Å²) in [5, 5.41) is 0. The molecule has 1 atom stereocenters. The normalized spacial score (nSPS) is 11.9. The second kappa shape index (κ2) is 9.28. The lowest BCUT2D eigenvalue weighted by molar-refractivity contribution is 0.290. The summed E-state index contributed by atoms with van der Waals surface area (Å²) in [4.78, 5) is 0. The van der Waals surface area contributed by atoms with Crippen LogP contribution in [-0.4, -0.2) is 27.4 Å². The van der Waals surface area contributed by atoms with Crippen LogP contribution in [0.25, 0.3) is 0 Å². The van der Waals surface area contributed by atoms with Crippen LogP contribution in [0.4, 0.5) is 4.39 Å². The second-order valence-electron chi connectivity index (χ2n) is 5.83. The van der Waals surface area contributed by atoms with E-state index in [4.69, 9.17) is 19.9 Å². The van der Waals surface area contributed by atoms with Gasteiger partial charge >= 0.3 is 0 Å². The lowest BCUT2D eigenvalue weighted by atomic mass is 9.91. The summed E-state index contributed by atoms with van der Waals surface area (Å²) in [5.74, 6) is 1.25. The fourth-order valence-electron chi connectivity index (χ4n) is 2.79. The Bertz CT molecular complexity index is 691. The van der Waals surface area contributed by atoms with Crippen molar-refractivity contribution >= 4 is 0 Å². The highest BCUT2D eigenvalue weighted by atomic mass is 19.1. The van der Waals surface area contributed by atoms with Gasteiger partial charge in [-0.3, -0.25) is 0 Å². The first-order chi connectivity index (χ1) is 12.1. The van der Waals surface area contributed by atoms with Gasteiger partial charge in [0.2, 0.25) is 0 Å². The SMILES string of the molecule is CCCOc1c(CC(CN)c2ccc(OC)c(F)c2)cccc1OC. The maximum absolute atomic E-state index is 14.0. The fourth-order valence-corrected chi connectivity index (χ4v) is 2.79. The highest BCUT2D eigenvalue weighted by molar-refractivity contribution is 5.47. The zero-order valence-electron chi connectivity index (χ0n) is 15.0. The Morgan fingerprint density at radius 2 is 1.84 bits per heavy atom. The first-order valence-corrected chi connectivity index (χ1v) is 8.46. The number of hydrogen-bond donors (Lipinski definition) is 1. The van der Waals surface area contributed by atoms with Gasteiger partial charge in [0, 0.05) is 5.92 Å². The molecule has 0 saturated carbocycles. The predicted molar refractivity (Wildman–Crippen MR) is 97.2 cm³/mol. The molecule has 4 nitrogen and oxygen atoms in total. The largest absolute Gasteiger partial charge is 0.494 e. The van der Waals surface area contributed by atoms with Crippen molar-refractivity contribution in [3.8, 4) is 17.2 Å². The summed E-state index contributed by atoms with van der Waals surface area (Å²) in [6, 6.07) is 10.8. The summed E-state index contributed by atoms with van der Waals surface area (Å²) in [7, 11) is 3.07.